The minimum atomic E-state index is -0.709. The number of benzene rings is 1. The normalized spacial score (nSPS) is 18.9. The molecule has 1 atom stereocenters. The van der Waals surface area contributed by atoms with Gasteiger partial charge >= 0.3 is 0 Å². The Hall–Kier alpha value is -1.86. The number of nitriles is 1. The molecular weight excluding hydrogens is 250 g/mol. The molecule has 4 heteroatoms. The molecule has 1 aliphatic rings. The summed E-state index contributed by atoms with van der Waals surface area (Å²) < 4.78 is 0. The van der Waals surface area contributed by atoms with Crippen molar-refractivity contribution in [3.8, 4) is 6.07 Å². The molecule has 106 valence electrons. The maximum atomic E-state index is 12.3. The van der Waals surface area contributed by atoms with Crippen molar-refractivity contribution in [2.24, 2.45) is 5.73 Å². The Morgan fingerprint density at radius 3 is 2.45 bits per heavy atom. The van der Waals surface area contributed by atoms with E-state index >= 15 is 0 Å². The van der Waals surface area contributed by atoms with Gasteiger partial charge in [0.05, 0.1) is 23.2 Å². The van der Waals surface area contributed by atoms with Crippen LogP contribution in [0.3, 0.4) is 0 Å². The third kappa shape index (κ3) is 3.17. The van der Waals surface area contributed by atoms with Gasteiger partial charge in [-0.1, -0.05) is 31.4 Å². The first-order valence-electron chi connectivity index (χ1n) is 7.15. The molecule has 4 nitrogen and oxygen atoms in total. The van der Waals surface area contributed by atoms with Crippen LogP contribution in [0.5, 0.6) is 0 Å². The molecule has 3 N–H and O–H groups in total. The molecular formula is C16H21N3O. The third-order valence-corrected chi connectivity index (χ3v) is 4.09. The molecule has 1 saturated carbocycles. The van der Waals surface area contributed by atoms with Gasteiger partial charge in [-0.2, -0.15) is 5.26 Å². The van der Waals surface area contributed by atoms with Crippen LogP contribution < -0.4 is 11.1 Å². The monoisotopic (exact) mass is 271 g/mol. The summed E-state index contributed by atoms with van der Waals surface area (Å²) in [4.78, 5) is 12.3. The fraction of sp³-hybridized carbons (Fsp3) is 0.500. The highest BCUT2D eigenvalue weighted by atomic mass is 16.2. The number of nitrogens with zero attached hydrogens (tertiary/aromatic N) is 1. The second-order valence-electron chi connectivity index (χ2n) is 5.65. The standard InChI is InChI=1S/C16H21N3O/c1-12(14-7-5-13(11-17)6-8-14)19-15(20)16(18)9-3-2-4-10-16/h5-8,12H,2-4,9-10,18H2,1H3,(H,19,20). The van der Waals surface area contributed by atoms with Gasteiger partial charge in [0.25, 0.3) is 0 Å². The van der Waals surface area contributed by atoms with Gasteiger partial charge in [0.2, 0.25) is 5.91 Å². The first-order valence-corrected chi connectivity index (χ1v) is 7.15. The summed E-state index contributed by atoms with van der Waals surface area (Å²) in [5.41, 5.74) is 7.11. The molecule has 0 aromatic heterocycles. The molecule has 0 aliphatic heterocycles. The zero-order valence-electron chi connectivity index (χ0n) is 11.9. The molecule has 0 bridgehead atoms. The van der Waals surface area contributed by atoms with E-state index in [1.165, 1.54) is 0 Å². The van der Waals surface area contributed by atoms with Gasteiger partial charge in [-0.25, -0.2) is 0 Å². The maximum absolute atomic E-state index is 12.3. The number of carbonyl (C=O) groups excluding carboxylic acids is 1. The van der Waals surface area contributed by atoms with Gasteiger partial charge in [0, 0.05) is 0 Å². The molecule has 0 saturated heterocycles. The highest BCUT2D eigenvalue weighted by molar-refractivity contribution is 5.86. The smallest absolute Gasteiger partial charge is 0.240 e. The summed E-state index contributed by atoms with van der Waals surface area (Å²) in [5.74, 6) is -0.0611. The largest absolute Gasteiger partial charge is 0.348 e. The lowest BCUT2D eigenvalue weighted by Crippen LogP contribution is -2.55. The number of rotatable bonds is 3. The van der Waals surface area contributed by atoms with Gasteiger partial charge < -0.3 is 11.1 Å². The summed E-state index contributed by atoms with van der Waals surface area (Å²) in [5, 5.41) is 11.8. The van der Waals surface area contributed by atoms with Crippen molar-refractivity contribution in [1.29, 1.82) is 5.26 Å². The van der Waals surface area contributed by atoms with Gasteiger partial charge in [-0.05, 0) is 37.5 Å². The van der Waals surface area contributed by atoms with Gasteiger partial charge in [-0.3, -0.25) is 4.79 Å². The molecule has 1 amide bonds. The van der Waals surface area contributed by atoms with E-state index in [1.54, 1.807) is 12.1 Å². The van der Waals surface area contributed by atoms with E-state index in [0.717, 1.165) is 37.7 Å². The van der Waals surface area contributed by atoms with Crippen LogP contribution in [0.2, 0.25) is 0 Å². The minimum Gasteiger partial charge on any atom is -0.348 e. The Morgan fingerprint density at radius 1 is 1.30 bits per heavy atom. The van der Waals surface area contributed by atoms with Crippen molar-refractivity contribution in [1.82, 2.24) is 5.32 Å². The van der Waals surface area contributed by atoms with Crippen molar-refractivity contribution in [2.75, 3.05) is 0 Å². The van der Waals surface area contributed by atoms with Crippen LogP contribution in [0, 0.1) is 11.3 Å². The first kappa shape index (κ1) is 14.5. The lowest BCUT2D eigenvalue weighted by atomic mass is 9.81. The summed E-state index contributed by atoms with van der Waals surface area (Å²) >= 11 is 0. The van der Waals surface area contributed by atoms with Crippen LogP contribution in [0.1, 0.15) is 56.2 Å². The fourth-order valence-electron chi connectivity index (χ4n) is 2.68. The Bertz CT molecular complexity index is 510. The number of hydrogen-bond acceptors (Lipinski definition) is 3. The molecule has 20 heavy (non-hydrogen) atoms. The molecule has 1 aliphatic carbocycles. The quantitative estimate of drug-likeness (QED) is 0.886. The highest BCUT2D eigenvalue weighted by Crippen LogP contribution is 2.27. The molecule has 1 fully saturated rings. The Balaban J connectivity index is 2.01. The van der Waals surface area contributed by atoms with Gasteiger partial charge in [0.1, 0.15) is 0 Å². The van der Waals surface area contributed by atoms with Gasteiger partial charge in [0.15, 0.2) is 0 Å². The van der Waals surface area contributed by atoms with Crippen LogP contribution >= 0.6 is 0 Å². The fourth-order valence-corrected chi connectivity index (χ4v) is 2.68. The maximum Gasteiger partial charge on any atom is 0.240 e. The number of hydrogen-bond donors (Lipinski definition) is 2. The predicted octanol–water partition coefficient (Wildman–Crippen LogP) is 2.40. The first-order chi connectivity index (χ1) is 9.55. The Kier molecular flexibility index (Phi) is 4.41. The second kappa shape index (κ2) is 6.06. The lowest BCUT2D eigenvalue weighted by molar-refractivity contribution is -0.128. The molecule has 1 aromatic rings. The zero-order valence-corrected chi connectivity index (χ0v) is 11.9. The van der Waals surface area contributed by atoms with Crippen LogP contribution in [-0.4, -0.2) is 11.4 Å². The van der Waals surface area contributed by atoms with E-state index in [0.29, 0.717) is 5.56 Å². The van der Waals surface area contributed by atoms with Crippen LogP contribution in [0.25, 0.3) is 0 Å². The summed E-state index contributed by atoms with van der Waals surface area (Å²) in [6.45, 7) is 1.94. The van der Waals surface area contributed by atoms with Crippen molar-refractivity contribution in [3.63, 3.8) is 0 Å². The van der Waals surface area contributed by atoms with Crippen molar-refractivity contribution in [2.45, 2.75) is 50.6 Å². The molecule has 0 radical (unpaired) electrons. The SMILES string of the molecule is CC(NC(=O)C1(N)CCCCC1)c1ccc(C#N)cc1. The summed E-state index contributed by atoms with van der Waals surface area (Å²) in [6, 6.07) is 9.24. The minimum absolute atomic E-state index is 0.0611. The molecule has 0 heterocycles. The van der Waals surface area contributed by atoms with Crippen LogP contribution in [0.4, 0.5) is 0 Å². The Labute approximate surface area is 120 Å². The zero-order chi connectivity index (χ0) is 14.6. The van der Waals surface area contributed by atoms with E-state index in [9.17, 15) is 4.79 Å². The third-order valence-electron chi connectivity index (χ3n) is 4.09. The van der Waals surface area contributed by atoms with Crippen molar-refractivity contribution < 1.29 is 4.79 Å². The van der Waals surface area contributed by atoms with E-state index in [-0.39, 0.29) is 11.9 Å². The van der Waals surface area contributed by atoms with Crippen molar-refractivity contribution >= 4 is 5.91 Å². The molecule has 1 unspecified atom stereocenters. The van der Waals surface area contributed by atoms with Crippen LogP contribution in [-0.2, 0) is 4.79 Å². The second-order valence-corrected chi connectivity index (χ2v) is 5.65. The number of nitrogens with two attached hydrogens (primary N) is 1. The number of amides is 1. The van der Waals surface area contributed by atoms with E-state index in [1.807, 2.05) is 19.1 Å². The summed E-state index contributed by atoms with van der Waals surface area (Å²) in [7, 11) is 0. The highest BCUT2D eigenvalue weighted by Gasteiger charge is 2.35. The lowest BCUT2D eigenvalue weighted by Gasteiger charge is -2.33. The van der Waals surface area contributed by atoms with Gasteiger partial charge in [-0.15, -0.1) is 0 Å². The average Bonchev–Trinajstić information content (AvgIpc) is 2.48. The average molecular weight is 271 g/mol. The molecule has 1 aromatic carbocycles. The molecule has 0 spiro atoms. The van der Waals surface area contributed by atoms with Crippen molar-refractivity contribution in [3.05, 3.63) is 35.4 Å². The van der Waals surface area contributed by atoms with E-state index in [2.05, 4.69) is 11.4 Å². The number of carbonyl (C=O) groups is 1. The van der Waals surface area contributed by atoms with E-state index < -0.39 is 5.54 Å². The predicted molar refractivity (Wildman–Crippen MR) is 77.7 cm³/mol. The Morgan fingerprint density at radius 2 is 1.90 bits per heavy atom. The summed E-state index contributed by atoms with van der Waals surface area (Å²) in [6.07, 6.45) is 4.74. The topological polar surface area (TPSA) is 78.9 Å². The number of nitrogens with one attached hydrogen (secondary N) is 1. The van der Waals surface area contributed by atoms with Crippen LogP contribution in [0.15, 0.2) is 24.3 Å². The molecule has 2 rings (SSSR count). The van der Waals surface area contributed by atoms with E-state index in [4.69, 9.17) is 11.0 Å².